The highest BCUT2D eigenvalue weighted by molar-refractivity contribution is 6.13. The number of H-pyrrole nitrogens is 1. The van der Waals surface area contributed by atoms with Crippen molar-refractivity contribution in [1.29, 1.82) is 0 Å². The van der Waals surface area contributed by atoms with Crippen molar-refractivity contribution in [2.24, 2.45) is 0 Å². The zero-order valence-corrected chi connectivity index (χ0v) is 18.1. The molecular formula is C25H27N3O3. The number of carbonyl (C=O) groups is 1. The van der Waals surface area contributed by atoms with E-state index in [1.165, 1.54) is 0 Å². The Balaban J connectivity index is 1.70. The van der Waals surface area contributed by atoms with Gasteiger partial charge in [-0.3, -0.25) is 4.79 Å². The molecule has 31 heavy (non-hydrogen) atoms. The van der Waals surface area contributed by atoms with Gasteiger partial charge in [0.05, 0.1) is 24.4 Å². The van der Waals surface area contributed by atoms with Gasteiger partial charge in [-0.05, 0) is 56.7 Å². The number of benzene rings is 2. The number of hydrogen-bond donors (Lipinski definition) is 2. The number of para-hydroxylation sites is 1. The topological polar surface area (TPSA) is 76.2 Å². The van der Waals surface area contributed by atoms with Crippen LogP contribution in [0.3, 0.4) is 0 Å². The van der Waals surface area contributed by atoms with Crippen LogP contribution in [0.4, 0.5) is 0 Å². The van der Waals surface area contributed by atoms with E-state index in [1.54, 1.807) is 7.11 Å². The summed E-state index contributed by atoms with van der Waals surface area (Å²) >= 11 is 0. The van der Waals surface area contributed by atoms with Gasteiger partial charge in [-0.1, -0.05) is 18.2 Å². The van der Waals surface area contributed by atoms with Crippen LogP contribution in [0.2, 0.25) is 0 Å². The summed E-state index contributed by atoms with van der Waals surface area (Å²) < 4.78 is 10.8. The number of aromatic nitrogens is 2. The van der Waals surface area contributed by atoms with E-state index in [9.17, 15) is 4.79 Å². The van der Waals surface area contributed by atoms with E-state index in [2.05, 4.69) is 16.4 Å². The molecule has 0 radical (unpaired) electrons. The second kappa shape index (κ2) is 9.18. The van der Waals surface area contributed by atoms with Gasteiger partial charge in [-0.25, -0.2) is 4.98 Å². The number of hydrogen-bond acceptors (Lipinski definition) is 4. The van der Waals surface area contributed by atoms with Crippen molar-refractivity contribution < 1.29 is 14.3 Å². The van der Waals surface area contributed by atoms with Crippen LogP contribution in [0.25, 0.3) is 33.1 Å². The van der Waals surface area contributed by atoms with Crippen LogP contribution in [0.15, 0.2) is 54.6 Å². The van der Waals surface area contributed by atoms with Crippen molar-refractivity contribution in [3.8, 4) is 17.0 Å². The summed E-state index contributed by atoms with van der Waals surface area (Å²) in [6, 6.07) is 17.6. The maximum absolute atomic E-state index is 12.9. The monoisotopic (exact) mass is 417 g/mol. The van der Waals surface area contributed by atoms with E-state index in [0.29, 0.717) is 18.8 Å². The number of methoxy groups -OCH3 is 1. The van der Waals surface area contributed by atoms with Crippen LogP contribution in [0, 0.1) is 0 Å². The van der Waals surface area contributed by atoms with Gasteiger partial charge in [0.1, 0.15) is 11.4 Å². The Morgan fingerprint density at radius 1 is 1.10 bits per heavy atom. The van der Waals surface area contributed by atoms with Gasteiger partial charge in [-0.2, -0.15) is 0 Å². The third-order valence-electron chi connectivity index (χ3n) is 5.15. The molecule has 0 unspecified atom stereocenters. The number of pyridine rings is 1. The Morgan fingerprint density at radius 2 is 1.87 bits per heavy atom. The number of ether oxygens (including phenoxy) is 2. The normalized spacial score (nSPS) is 11.4. The number of nitrogens with one attached hydrogen (secondary N) is 2. The Morgan fingerprint density at radius 3 is 2.61 bits per heavy atom. The molecule has 2 aromatic carbocycles. The maximum Gasteiger partial charge on any atom is 0.269 e. The summed E-state index contributed by atoms with van der Waals surface area (Å²) in [4.78, 5) is 21.1. The SMILES string of the molecule is COc1ccc(-c2nc(C(=O)NCCCOC(C)C)cc3c2[nH]c2ccccc23)cc1. The fraction of sp³-hybridized carbons (Fsp3) is 0.280. The Hall–Kier alpha value is -3.38. The van der Waals surface area contributed by atoms with Crippen molar-refractivity contribution in [3.63, 3.8) is 0 Å². The summed E-state index contributed by atoms with van der Waals surface area (Å²) in [5.74, 6) is 0.584. The predicted octanol–water partition coefficient (Wildman–Crippen LogP) is 4.94. The Bertz CT molecular complexity index is 1200. The highest BCUT2D eigenvalue weighted by Crippen LogP contribution is 2.33. The lowest BCUT2D eigenvalue weighted by molar-refractivity contribution is 0.0756. The van der Waals surface area contributed by atoms with Gasteiger partial charge < -0.3 is 19.8 Å². The number of nitrogens with zero attached hydrogens (tertiary/aromatic N) is 1. The van der Waals surface area contributed by atoms with E-state index in [-0.39, 0.29) is 12.0 Å². The highest BCUT2D eigenvalue weighted by atomic mass is 16.5. The summed E-state index contributed by atoms with van der Waals surface area (Å²) in [6.45, 7) is 5.15. The van der Waals surface area contributed by atoms with E-state index in [4.69, 9.17) is 14.5 Å². The molecule has 0 aliphatic heterocycles. The molecule has 2 heterocycles. The standard InChI is InChI=1S/C25H27N3O3/c1-16(2)31-14-6-13-26-25(29)22-15-20-19-7-4-5-8-21(19)27-24(20)23(28-22)17-9-11-18(30-3)12-10-17/h4-5,7-12,15-16,27H,6,13-14H2,1-3H3,(H,26,29). The largest absolute Gasteiger partial charge is 0.497 e. The number of carbonyl (C=O) groups excluding carboxylic acids is 1. The molecule has 2 N–H and O–H groups in total. The Kier molecular flexibility index (Phi) is 6.18. The zero-order valence-electron chi connectivity index (χ0n) is 18.1. The molecule has 0 bridgehead atoms. The molecule has 6 heteroatoms. The minimum absolute atomic E-state index is 0.188. The van der Waals surface area contributed by atoms with Gasteiger partial charge >= 0.3 is 0 Å². The van der Waals surface area contributed by atoms with E-state index < -0.39 is 0 Å². The second-order valence-corrected chi connectivity index (χ2v) is 7.71. The summed E-state index contributed by atoms with van der Waals surface area (Å²) in [7, 11) is 1.64. The lowest BCUT2D eigenvalue weighted by atomic mass is 10.1. The Labute approximate surface area is 181 Å². The van der Waals surface area contributed by atoms with E-state index >= 15 is 0 Å². The lowest BCUT2D eigenvalue weighted by Crippen LogP contribution is -2.26. The molecule has 6 nitrogen and oxygen atoms in total. The fourth-order valence-corrected chi connectivity index (χ4v) is 3.60. The van der Waals surface area contributed by atoms with Crippen LogP contribution in [-0.2, 0) is 4.74 Å². The number of fused-ring (bicyclic) bond motifs is 3. The van der Waals surface area contributed by atoms with Gasteiger partial charge in [0, 0.05) is 35.0 Å². The van der Waals surface area contributed by atoms with Crippen LogP contribution in [0.5, 0.6) is 5.75 Å². The van der Waals surface area contributed by atoms with Crippen LogP contribution in [-0.4, -0.2) is 42.2 Å². The molecule has 4 aromatic rings. The van der Waals surface area contributed by atoms with Crippen molar-refractivity contribution in [2.45, 2.75) is 26.4 Å². The molecule has 160 valence electrons. The fourth-order valence-electron chi connectivity index (χ4n) is 3.60. The van der Waals surface area contributed by atoms with Crippen LogP contribution < -0.4 is 10.1 Å². The first-order chi connectivity index (χ1) is 15.1. The number of amides is 1. The lowest BCUT2D eigenvalue weighted by Gasteiger charge is -2.10. The minimum Gasteiger partial charge on any atom is -0.497 e. The zero-order chi connectivity index (χ0) is 21.8. The van der Waals surface area contributed by atoms with Crippen molar-refractivity contribution in [2.75, 3.05) is 20.3 Å². The maximum atomic E-state index is 12.9. The smallest absolute Gasteiger partial charge is 0.269 e. The molecule has 0 spiro atoms. The first kappa shape index (κ1) is 20.9. The van der Waals surface area contributed by atoms with Crippen molar-refractivity contribution in [3.05, 3.63) is 60.3 Å². The summed E-state index contributed by atoms with van der Waals surface area (Å²) in [6.07, 6.45) is 0.943. The molecule has 2 aromatic heterocycles. The first-order valence-electron chi connectivity index (χ1n) is 10.5. The van der Waals surface area contributed by atoms with E-state index in [0.717, 1.165) is 45.2 Å². The third-order valence-corrected chi connectivity index (χ3v) is 5.15. The molecule has 1 amide bonds. The number of rotatable bonds is 8. The summed E-state index contributed by atoms with van der Waals surface area (Å²) in [5.41, 5.74) is 3.97. The van der Waals surface area contributed by atoms with E-state index in [1.807, 2.05) is 62.4 Å². The molecule has 0 saturated heterocycles. The molecule has 0 aliphatic carbocycles. The third kappa shape index (κ3) is 4.54. The number of aromatic amines is 1. The molecule has 4 rings (SSSR count). The molecule has 0 saturated carbocycles. The second-order valence-electron chi connectivity index (χ2n) is 7.71. The highest BCUT2D eigenvalue weighted by Gasteiger charge is 2.17. The quantitative estimate of drug-likeness (QED) is 0.398. The van der Waals surface area contributed by atoms with Crippen molar-refractivity contribution in [1.82, 2.24) is 15.3 Å². The van der Waals surface area contributed by atoms with Crippen molar-refractivity contribution >= 4 is 27.7 Å². The molecule has 0 atom stereocenters. The van der Waals surface area contributed by atoms with Gasteiger partial charge in [0.15, 0.2) is 0 Å². The summed E-state index contributed by atoms with van der Waals surface area (Å²) in [5, 5.41) is 5.00. The molecule has 0 aliphatic rings. The van der Waals surface area contributed by atoms with Crippen LogP contribution >= 0.6 is 0 Å². The predicted molar refractivity (Wildman–Crippen MR) is 124 cm³/mol. The van der Waals surface area contributed by atoms with Gasteiger partial charge in [0.25, 0.3) is 5.91 Å². The van der Waals surface area contributed by atoms with Gasteiger partial charge in [0.2, 0.25) is 0 Å². The molecule has 0 fully saturated rings. The average Bonchev–Trinajstić information content (AvgIpc) is 3.16. The average molecular weight is 418 g/mol. The first-order valence-corrected chi connectivity index (χ1v) is 10.5. The van der Waals surface area contributed by atoms with Crippen LogP contribution in [0.1, 0.15) is 30.8 Å². The van der Waals surface area contributed by atoms with Gasteiger partial charge in [-0.15, -0.1) is 0 Å². The molecular weight excluding hydrogens is 390 g/mol. The minimum atomic E-state index is -0.188.